The number of methoxy groups -OCH3 is 1. The van der Waals surface area contributed by atoms with Gasteiger partial charge in [-0.25, -0.2) is 4.79 Å². The lowest BCUT2D eigenvalue weighted by atomic mass is 10.2. The van der Waals surface area contributed by atoms with E-state index in [1.54, 1.807) is 7.11 Å². The fourth-order valence-electron chi connectivity index (χ4n) is 2.08. The number of carbonyl (C=O) groups is 2. The first kappa shape index (κ1) is 15.7. The standard InChI is InChI=1S/C15H18N2O5/c1-21-14-10-5-2-3-6-11(10)22-12(14)9-17-15(20)16-8-4-7-13(18)19/h2-3,5-6H,4,7-9H2,1H3,(H,18,19)(H2,16,17,20). The van der Waals surface area contributed by atoms with Crippen LogP contribution < -0.4 is 15.4 Å². The molecule has 118 valence electrons. The fraction of sp³-hybridized carbons (Fsp3) is 0.333. The smallest absolute Gasteiger partial charge is 0.315 e. The predicted molar refractivity (Wildman–Crippen MR) is 79.9 cm³/mol. The number of carbonyl (C=O) groups excluding carboxylic acids is 1. The first-order valence-electron chi connectivity index (χ1n) is 6.89. The molecule has 2 amide bonds. The van der Waals surface area contributed by atoms with Crippen molar-refractivity contribution in [3.05, 3.63) is 30.0 Å². The van der Waals surface area contributed by atoms with Crippen LogP contribution in [0.2, 0.25) is 0 Å². The number of para-hydroxylation sites is 1. The van der Waals surface area contributed by atoms with Crippen molar-refractivity contribution >= 4 is 23.0 Å². The van der Waals surface area contributed by atoms with Gasteiger partial charge in [0.2, 0.25) is 0 Å². The summed E-state index contributed by atoms with van der Waals surface area (Å²) in [5.41, 5.74) is 0.693. The van der Waals surface area contributed by atoms with Crippen molar-refractivity contribution in [2.45, 2.75) is 19.4 Å². The number of ether oxygens (including phenoxy) is 1. The molecule has 0 aliphatic rings. The Bertz CT molecular complexity index is 665. The summed E-state index contributed by atoms with van der Waals surface area (Å²) >= 11 is 0. The molecule has 0 radical (unpaired) electrons. The number of benzene rings is 1. The van der Waals surface area contributed by atoms with E-state index in [2.05, 4.69) is 10.6 Å². The highest BCUT2D eigenvalue weighted by molar-refractivity contribution is 5.85. The van der Waals surface area contributed by atoms with Crippen molar-refractivity contribution in [2.75, 3.05) is 13.7 Å². The van der Waals surface area contributed by atoms with Gasteiger partial charge < -0.3 is 24.9 Å². The first-order chi connectivity index (χ1) is 10.6. The molecule has 0 saturated carbocycles. The summed E-state index contributed by atoms with van der Waals surface area (Å²) in [5.74, 6) is 0.250. The Morgan fingerprint density at radius 3 is 2.77 bits per heavy atom. The van der Waals surface area contributed by atoms with E-state index in [1.165, 1.54) is 0 Å². The maximum Gasteiger partial charge on any atom is 0.315 e. The minimum atomic E-state index is -0.880. The van der Waals surface area contributed by atoms with Gasteiger partial charge in [0, 0.05) is 13.0 Å². The summed E-state index contributed by atoms with van der Waals surface area (Å²) in [6, 6.07) is 7.07. The predicted octanol–water partition coefficient (Wildman–Crippen LogP) is 2.11. The number of aliphatic carboxylic acids is 1. The second kappa shape index (κ2) is 7.35. The normalized spacial score (nSPS) is 10.4. The third kappa shape index (κ3) is 3.91. The van der Waals surface area contributed by atoms with Gasteiger partial charge >= 0.3 is 12.0 Å². The van der Waals surface area contributed by atoms with Crippen molar-refractivity contribution in [1.82, 2.24) is 10.6 Å². The molecule has 1 aromatic heterocycles. The highest BCUT2D eigenvalue weighted by Gasteiger charge is 2.14. The van der Waals surface area contributed by atoms with E-state index in [-0.39, 0.29) is 19.0 Å². The monoisotopic (exact) mass is 306 g/mol. The Balaban J connectivity index is 1.88. The Hall–Kier alpha value is -2.70. The van der Waals surface area contributed by atoms with Crippen molar-refractivity contribution in [3.63, 3.8) is 0 Å². The van der Waals surface area contributed by atoms with Crippen molar-refractivity contribution in [2.24, 2.45) is 0 Å². The first-order valence-corrected chi connectivity index (χ1v) is 6.89. The van der Waals surface area contributed by atoms with Gasteiger partial charge in [0.1, 0.15) is 5.58 Å². The number of furan rings is 1. The van der Waals surface area contributed by atoms with Gasteiger partial charge in [0.25, 0.3) is 0 Å². The highest BCUT2D eigenvalue weighted by Crippen LogP contribution is 2.32. The van der Waals surface area contributed by atoms with Gasteiger partial charge in [-0.2, -0.15) is 0 Å². The van der Waals surface area contributed by atoms with Crippen molar-refractivity contribution < 1.29 is 23.8 Å². The van der Waals surface area contributed by atoms with E-state index in [0.29, 0.717) is 30.1 Å². The maximum absolute atomic E-state index is 11.6. The van der Waals surface area contributed by atoms with Crippen LogP contribution in [-0.2, 0) is 11.3 Å². The number of carboxylic acids is 1. The number of rotatable bonds is 7. The number of hydrogen-bond acceptors (Lipinski definition) is 4. The van der Waals surface area contributed by atoms with E-state index in [9.17, 15) is 9.59 Å². The second-order valence-electron chi connectivity index (χ2n) is 4.66. The van der Waals surface area contributed by atoms with E-state index >= 15 is 0 Å². The molecular formula is C15H18N2O5. The molecule has 0 aliphatic carbocycles. The largest absolute Gasteiger partial charge is 0.492 e. The minimum Gasteiger partial charge on any atom is -0.492 e. The average Bonchev–Trinajstić information content (AvgIpc) is 2.86. The fourth-order valence-corrected chi connectivity index (χ4v) is 2.08. The molecule has 7 heteroatoms. The van der Waals surface area contributed by atoms with E-state index < -0.39 is 5.97 Å². The zero-order chi connectivity index (χ0) is 15.9. The van der Waals surface area contributed by atoms with Gasteiger partial charge in [0.05, 0.1) is 19.0 Å². The van der Waals surface area contributed by atoms with Crippen LogP contribution in [0.1, 0.15) is 18.6 Å². The molecule has 0 fully saturated rings. The van der Waals surface area contributed by atoms with Crippen LogP contribution in [0.3, 0.4) is 0 Å². The molecule has 0 unspecified atom stereocenters. The lowest BCUT2D eigenvalue weighted by molar-refractivity contribution is -0.137. The zero-order valence-electron chi connectivity index (χ0n) is 12.2. The molecule has 7 nitrogen and oxygen atoms in total. The average molecular weight is 306 g/mol. The molecule has 22 heavy (non-hydrogen) atoms. The van der Waals surface area contributed by atoms with Crippen LogP contribution in [0.4, 0.5) is 4.79 Å². The zero-order valence-corrected chi connectivity index (χ0v) is 12.2. The van der Waals surface area contributed by atoms with E-state index in [4.69, 9.17) is 14.3 Å². The lowest BCUT2D eigenvalue weighted by Crippen LogP contribution is -2.35. The lowest BCUT2D eigenvalue weighted by Gasteiger charge is -2.06. The van der Waals surface area contributed by atoms with Crippen LogP contribution in [0.25, 0.3) is 11.0 Å². The Labute approximate surface area is 127 Å². The second-order valence-corrected chi connectivity index (χ2v) is 4.66. The van der Waals surface area contributed by atoms with Gasteiger partial charge in [-0.1, -0.05) is 12.1 Å². The molecule has 0 saturated heterocycles. The van der Waals surface area contributed by atoms with Crippen LogP contribution in [0.5, 0.6) is 5.75 Å². The van der Waals surface area contributed by atoms with Gasteiger partial charge in [-0.05, 0) is 18.6 Å². The molecule has 0 aliphatic heterocycles. The quantitative estimate of drug-likeness (QED) is 0.680. The number of amides is 2. The number of carboxylic acid groups (broad SMARTS) is 1. The van der Waals surface area contributed by atoms with E-state index in [1.807, 2.05) is 24.3 Å². The molecule has 2 aromatic rings. The third-order valence-corrected chi connectivity index (χ3v) is 3.08. The van der Waals surface area contributed by atoms with Crippen LogP contribution in [0, 0.1) is 0 Å². The summed E-state index contributed by atoms with van der Waals surface area (Å²) in [6.45, 7) is 0.484. The topological polar surface area (TPSA) is 101 Å². The SMILES string of the molecule is COc1c(CNC(=O)NCCCC(=O)O)oc2ccccc12. The molecule has 1 heterocycles. The Morgan fingerprint density at radius 2 is 2.05 bits per heavy atom. The number of nitrogens with one attached hydrogen (secondary N) is 2. The maximum atomic E-state index is 11.6. The Kier molecular flexibility index (Phi) is 5.24. The highest BCUT2D eigenvalue weighted by atomic mass is 16.5. The van der Waals surface area contributed by atoms with Gasteiger partial charge in [-0.15, -0.1) is 0 Å². The Morgan fingerprint density at radius 1 is 1.27 bits per heavy atom. The molecular weight excluding hydrogens is 288 g/mol. The van der Waals surface area contributed by atoms with Crippen molar-refractivity contribution in [1.29, 1.82) is 0 Å². The molecule has 3 N–H and O–H groups in total. The molecule has 0 spiro atoms. The number of fused-ring (bicyclic) bond motifs is 1. The number of hydrogen-bond donors (Lipinski definition) is 3. The summed E-state index contributed by atoms with van der Waals surface area (Å²) < 4.78 is 11.0. The molecule has 2 rings (SSSR count). The molecule has 0 atom stereocenters. The summed E-state index contributed by atoms with van der Waals surface area (Å²) in [5, 5.41) is 14.6. The van der Waals surface area contributed by atoms with Gasteiger partial charge in [-0.3, -0.25) is 4.79 Å². The van der Waals surface area contributed by atoms with Crippen LogP contribution >= 0.6 is 0 Å². The number of urea groups is 1. The van der Waals surface area contributed by atoms with Crippen LogP contribution in [0.15, 0.2) is 28.7 Å². The van der Waals surface area contributed by atoms with E-state index in [0.717, 1.165) is 5.39 Å². The molecule has 1 aromatic carbocycles. The third-order valence-electron chi connectivity index (χ3n) is 3.08. The minimum absolute atomic E-state index is 0.0255. The van der Waals surface area contributed by atoms with Crippen molar-refractivity contribution in [3.8, 4) is 5.75 Å². The summed E-state index contributed by atoms with van der Waals surface area (Å²) in [7, 11) is 1.55. The van der Waals surface area contributed by atoms with Gasteiger partial charge in [0.15, 0.2) is 11.5 Å². The summed E-state index contributed by atoms with van der Waals surface area (Å²) in [4.78, 5) is 22.0. The summed E-state index contributed by atoms with van der Waals surface area (Å²) in [6.07, 6.45) is 0.411. The van der Waals surface area contributed by atoms with Crippen LogP contribution in [-0.4, -0.2) is 30.8 Å². The molecule has 0 bridgehead atoms.